The second-order valence-corrected chi connectivity index (χ2v) is 8.52. The number of hydrogen-bond donors (Lipinski definition) is 1. The lowest BCUT2D eigenvalue weighted by Crippen LogP contribution is -2.71. The Morgan fingerprint density at radius 3 is 2.47 bits per heavy atom. The lowest BCUT2D eigenvalue weighted by Gasteiger charge is -2.59. The van der Waals surface area contributed by atoms with Crippen LogP contribution in [0.1, 0.15) is 47.5 Å². The van der Waals surface area contributed by atoms with Crippen molar-refractivity contribution in [1.29, 1.82) is 0 Å². The average molecular weight is 408 g/mol. The lowest BCUT2D eigenvalue weighted by atomic mass is 9.71. The van der Waals surface area contributed by atoms with Gasteiger partial charge < -0.3 is 14.9 Å². The Bertz CT molecular complexity index is 988. The number of likely N-dealkylation sites (tertiary alicyclic amines) is 1. The monoisotopic (exact) mass is 408 g/mol. The smallest absolute Gasteiger partial charge is 0.257 e. The number of aliphatic hydroxyl groups excluding tert-OH is 1. The third-order valence-corrected chi connectivity index (χ3v) is 7.00. The molecule has 2 aromatic carbocycles. The van der Waals surface area contributed by atoms with Crippen molar-refractivity contribution in [1.82, 2.24) is 4.90 Å². The molecule has 1 saturated heterocycles. The molecule has 2 aliphatic heterocycles. The van der Waals surface area contributed by atoms with Crippen LogP contribution in [0.3, 0.4) is 0 Å². The Labute approximate surface area is 175 Å². The van der Waals surface area contributed by atoms with Gasteiger partial charge >= 0.3 is 0 Å². The first-order chi connectivity index (χ1) is 14.6. The van der Waals surface area contributed by atoms with Crippen molar-refractivity contribution in [2.75, 3.05) is 18.1 Å². The van der Waals surface area contributed by atoms with Crippen LogP contribution in [0.2, 0.25) is 0 Å². The van der Waals surface area contributed by atoms with Crippen molar-refractivity contribution < 1.29 is 19.1 Å². The standard InChI is InChI=1S/C24H25FN2O3/c25-18-11-5-3-9-16(18)24(30)27-20-13-26(23(29)15-7-1-2-8-15)19-12-6-4-10-17(19)22(20)21(27)14-28/h3-6,9-12,15,20-22,28H,1-2,7-8,13-14H2/t20-,21+,22+/m0/s1. The molecule has 0 bridgehead atoms. The zero-order chi connectivity index (χ0) is 20.8. The number of halogens is 1. The van der Waals surface area contributed by atoms with Crippen LogP contribution in [0, 0.1) is 11.7 Å². The fourth-order valence-corrected chi connectivity index (χ4v) is 5.54. The molecule has 0 aromatic heterocycles. The van der Waals surface area contributed by atoms with Crippen molar-refractivity contribution in [3.8, 4) is 0 Å². The normalized spacial score (nSPS) is 25.5. The van der Waals surface area contributed by atoms with Gasteiger partial charge in [-0.3, -0.25) is 9.59 Å². The fraction of sp³-hybridized carbons (Fsp3) is 0.417. The van der Waals surface area contributed by atoms with Crippen LogP contribution in [0.25, 0.3) is 0 Å². The highest BCUT2D eigenvalue weighted by Crippen LogP contribution is 2.49. The number of rotatable bonds is 3. The number of benzene rings is 2. The summed E-state index contributed by atoms with van der Waals surface area (Å²) in [7, 11) is 0. The van der Waals surface area contributed by atoms with Gasteiger partial charge in [0.1, 0.15) is 5.82 Å². The van der Waals surface area contributed by atoms with Gasteiger partial charge in [-0.1, -0.05) is 43.2 Å². The number of anilines is 1. The molecule has 2 amide bonds. The quantitative estimate of drug-likeness (QED) is 0.848. The molecule has 0 spiro atoms. The topological polar surface area (TPSA) is 60.9 Å². The fourth-order valence-electron chi connectivity index (χ4n) is 5.54. The Morgan fingerprint density at radius 2 is 1.73 bits per heavy atom. The summed E-state index contributed by atoms with van der Waals surface area (Å²) in [5, 5.41) is 10.1. The molecule has 156 valence electrons. The number of para-hydroxylation sites is 1. The molecule has 0 radical (unpaired) electrons. The van der Waals surface area contributed by atoms with Gasteiger partial charge in [0, 0.05) is 24.1 Å². The molecular formula is C24H25FN2O3. The van der Waals surface area contributed by atoms with E-state index in [0.717, 1.165) is 36.9 Å². The Kier molecular flexibility index (Phi) is 4.82. The summed E-state index contributed by atoms with van der Waals surface area (Å²) < 4.78 is 14.3. The van der Waals surface area contributed by atoms with E-state index in [9.17, 15) is 19.1 Å². The predicted octanol–water partition coefficient (Wildman–Crippen LogP) is 3.33. The van der Waals surface area contributed by atoms with Crippen LogP contribution < -0.4 is 4.90 Å². The number of amides is 2. The number of aliphatic hydroxyl groups is 1. The summed E-state index contributed by atoms with van der Waals surface area (Å²) in [6.45, 7) is 0.181. The van der Waals surface area contributed by atoms with E-state index in [1.54, 1.807) is 17.0 Å². The van der Waals surface area contributed by atoms with Crippen molar-refractivity contribution in [2.45, 2.75) is 43.7 Å². The summed E-state index contributed by atoms with van der Waals surface area (Å²) in [5.74, 6) is -0.920. The number of carbonyl (C=O) groups is 2. The molecule has 6 heteroatoms. The van der Waals surface area contributed by atoms with Gasteiger partial charge in [-0.2, -0.15) is 0 Å². The Morgan fingerprint density at radius 1 is 1.03 bits per heavy atom. The summed E-state index contributed by atoms with van der Waals surface area (Å²) in [4.78, 5) is 29.9. The predicted molar refractivity (Wildman–Crippen MR) is 111 cm³/mol. The second-order valence-electron chi connectivity index (χ2n) is 8.52. The third kappa shape index (κ3) is 2.85. The van der Waals surface area contributed by atoms with E-state index >= 15 is 0 Å². The highest BCUT2D eigenvalue weighted by atomic mass is 19.1. The summed E-state index contributed by atoms with van der Waals surface area (Å²) in [6, 6.07) is 13.0. The maximum absolute atomic E-state index is 14.3. The maximum Gasteiger partial charge on any atom is 0.257 e. The van der Waals surface area contributed by atoms with Gasteiger partial charge in [-0.25, -0.2) is 4.39 Å². The second kappa shape index (κ2) is 7.51. The number of fused-ring (bicyclic) bond motifs is 3. The molecule has 3 aliphatic rings. The summed E-state index contributed by atoms with van der Waals surface area (Å²) in [5.41, 5.74) is 1.87. The minimum Gasteiger partial charge on any atom is -0.394 e. The van der Waals surface area contributed by atoms with Crippen molar-refractivity contribution in [3.05, 3.63) is 65.5 Å². The van der Waals surface area contributed by atoms with Crippen LogP contribution in [-0.2, 0) is 4.79 Å². The summed E-state index contributed by atoms with van der Waals surface area (Å²) in [6.07, 6.45) is 3.95. The molecule has 5 rings (SSSR count). The lowest BCUT2D eigenvalue weighted by molar-refractivity contribution is -0.123. The molecule has 1 aliphatic carbocycles. The van der Waals surface area contributed by atoms with Gasteiger partial charge in [0.05, 0.1) is 24.3 Å². The van der Waals surface area contributed by atoms with E-state index in [0.29, 0.717) is 6.54 Å². The van der Waals surface area contributed by atoms with Crippen LogP contribution in [0.4, 0.5) is 10.1 Å². The molecule has 1 saturated carbocycles. The number of hydrogen-bond acceptors (Lipinski definition) is 3. The average Bonchev–Trinajstić information content (AvgIpc) is 3.29. The minimum atomic E-state index is -0.572. The van der Waals surface area contributed by atoms with E-state index in [-0.39, 0.29) is 36.0 Å². The maximum atomic E-state index is 14.3. The molecular weight excluding hydrogens is 383 g/mol. The number of carbonyl (C=O) groups excluding carboxylic acids is 2. The highest BCUT2D eigenvalue weighted by Gasteiger charge is 2.55. The first-order valence-electron chi connectivity index (χ1n) is 10.7. The molecule has 0 unspecified atom stereocenters. The van der Waals surface area contributed by atoms with E-state index in [4.69, 9.17) is 0 Å². The van der Waals surface area contributed by atoms with Gasteiger partial charge in [0.15, 0.2) is 0 Å². The van der Waals surface area contributed by atoms with Gasteiger partial charge in [0.25, 0.3) is 5.91 Å². The highest BCUT2D eigenvalue weighted by molar-refractivity contribution is 5.99. The van der Waals surface area contributed by atoms with E-state index in [1.165, 1.54) is 12.1 Å². The van der Waals surface area contributed by atoms with Crippen molar-refractivity contribution in [3.63, 3.8) is 0 Å². The van der Waals surface area contributed by atoms with Gasteiger partial charge in [0.2, 0.25) is 5.91 Å². The minimum absolute atomic E-state index is 0.00179. The molecule has 1 N–H and O–H groups in total. The molecule has 2 aromatic rings. The summed E-state index contributed by atoms with van der Waals surface area (Å²) >= 11 is 0. The Hall–Kier alpha value is -2.73. The van der Waals surface area contributed by atoms with Crippen LogP contribution >= 0.6 is 0 Å². The van der Waals surface area contributed by atoms with Crippen LogP contribution in [-0.4, -0.2) is 47.1 Å². The first-order valence-corrected chi connectivity index (χ1v) is 10.7. The molecule has 3 atom stereocenters. The zero-order valence-electron chi connectivity index (χ0n) is 16.7. The van der Waals surface area contributed by atoms with Gasteiger partial charge in [-0.15, -0.1) is 0 Å². The third-order valence-electron chi connectivity index (χ3n) is 7.00. The van der Waals surface area contributed by atoms with E-state index in [1.807, 2.05) is 29.2 Å². The molecule has 2 heterocycles. The molecule has 2 fully saturated rings. The molecule has 5 nitrogen and oxygen atoms in total. The Balaban J connectivity index is 1.51. The first kappa shape index (κ1) is 19.2. The molecule has 30 heavy (non-hydrogen) atoms. The van der Waals surface area contributed by atoms with Crippen molar-refractivity contribution >= 4 is 17.5 Å². The van der Waals surface area contributed by atoms with Crippen LogP contribution in [0.5, 0.6) is 0 Å². The van der Waals surface area contributed by atoms with Gasteiger partial charge in [-0.05, 0) is 36.6 Å². The zero-order valence-corrected chi connectivity index (χ0v) is 16.7. The van der Waals surface area contributed by atoms with Crippen molar-refractivity contribution in [2.24, 2.45) is 5.92 Å². The SMILES string of the molecule is O=C(C1CCCC1)N1C[C@H]2[C@@H](c3ccccc31)[C@@H](CO)N2C(=O)c1ccccc1F. The van der Waals surface area contributed by atoms with E-state index < -0.39 is 17.8 Å². The van der Waals surface area contributed by atoms with Crippen LogP contribution in [0.15, 0.2) is 48.5 Å². The number of nitrogens with zero attached hydrogens (tertiary/aromatic N) is 2. The van der Waals surface area contributed by atoms with E-state index in [2.05, 4.69) is 0 Å². The largest absolute Gasteiger partial charge is 0.394 e.